The maximum absolute atomic E-state index is 13.1. The highest BCUT2D eigenvalue weighted by molar-refractivity contribution is 5.92. The summed E-state index contributed by atoms with van der Waals surface area (Å²) in [4.78, 5) is 53.0. The Kier molecular flexibility index (Phi) is 8.89. The Bertz CT molecular complexity index is 1250. The van der Waals surface area contributed by atoms with Gasteiger partial charge in [-0.1, -0.05) is 48.5 Å². The van der Waals surface area contributed by atoms with Crippen molar-refractivity contribution in [2.45, 2.75) is 51.3 Å². The molecule has 10 heteroatoms. The zero-order chi connectivity index (χ0) is 27.0. The summed E-state index contributed by atoms with van der Waals surface area (Å²) >= 11 is 0. The molecule has 0 unspecified atom stereocenters. The number of fused-ring (bicyclic) bond motifs is 1. The first kappa shape index (κ1) is 27.3. The summed E-state index contributed by atoms with van der Waals surface area (Å²) < 4.78 is 5.32. The predicted octanol–water partition coefficient (Wildman–Crippen LogP) is 1.93. The van der Waals surface area contributed by atoms with Crippen molar-refractivity contribution in [3.8, 4) is 0 Å². The molecule has 4 amide bonds. The summed E-state index contributed by atoms with van der Waals surface area (Å²) in [5.41, 5.74) is 7.24. The third kappa shape index (κ3) is 8.38. The van der Waals surface area contributed by atoms with Crippen LogP contribution in [-0.2, 0) is 32.0 Å². The minimum Gasteiger partial charge on any atom is -0.444 e. The standard InChI is InChI=1S/C27H33N5O5/c1-27(2,3)37-26(36)32-22(14-18-15-29-20-12-8-7-11-19(18)20)25(35)30-16-23(33)31-21(24(28)34)13-17-9-5-4-6-10-17/h4-12,15,21-22,29H,13-14,16H2,1-3H3,(H2,28,34)(H,30,35)(H,31,33)(H,32,36)/t21-,22-/m0/s1. The summed E-state index contributed by atoms with van der Waals surface area (Å²) in [6.45, 7) is 4.75. The van der Waals surface area contributed by atoms with Crippen molar-refractivity contribution in [2.75, 3.05) is 6.54 Å². The number of benzene rings is 2. The van der Waals surface area contributed by atoms with Crippen molar-refractivity contribution in [3.05, 3.63) is 71.9 Å². The average molecular weight is 508 g/mol. The monoisotopic (exact) mass is 507 g/mol. The van der Waals surface area contributed by atoms with Gasteiger partial charge in [-0.05, 0) is 38.0 Å². The summed E-state index contributed by atoms with van der Waals surface area (Å²) in [5.74, 6) is -1.85. The zero-order valence-electron chi connectivity index (χ0n) is 21.2. The molecule has 0 aliphatic heterocycles. The Balaban J connectivity index is 1.66. The number of aromatic amines is 1. The van der Waals surface area contributed by atoms with Crippen LogP contribution < -0.4 is 21.7 Å². The van der Waals surface area contributed by atoms with Crippen molar-refractivity contribution in [2.24, 2.45) is 5.73 Å². The van der Waals surface area contributed by atoms with E-state index >= 15 is 0 Å². The fraction of sp³-hybridized carbons (Fsp3) is 0.333. The summed E-state index contributed by atoms with van der Waals surface area (Å²) in [5, 5.41) is 8.60. The largest absolute Gasteiger partial charge is 0.444 e. The molecule has 3 rings (SSSR count). The molecule has 0 aliphatic carbocycles. The second kappa shape index (κ2) is 12.1. The minimum absolute atomic E-state index is 0.161. The highest BCUT2D eigenvalue weighted by Gasteiger charge is 2.26. The van der Waals surface area contributed by atoms with E-state index in [0.29, 0.717) is 0 Å². The molecular formula is C27H33N5O5. The van der Waals surface area contributed by atoms with Crippen LogP contribution in [0.15, 0.2) is 60.8 Å². The van der Waals surface area contributed by atoms with Gasteiger partial charge in [0.1, 0.15) is 17.7 Å². The van der Waals surface area contributed by atoms with Crippen LogP contribution in [0.1, 0.15) is 31.9 Å². The lowest BCUT2D eigenvalue weighted by Gasteiger charge is -2.23. The van der Waals surface area contributed by atoms with E-state index in [1.54, 1.807) is 27.0 Å². The average Bonchev–Trinajstić information content (AvgIpc) is 3.24. The Morgan fingerprint density at radius 3 is 2.27 bits per heavy atom. The smallest absolute Gasteiger partial charge is 0.408 e. The number of hydrogen-bond donors (Lipinski definition) is 5. The Morgan fingerprint density at radius 1 is 0.919 bits per heavy atom. The SMILES string of the molecule is CC(C)(C)OC(=O)N[C@@H](Cc1c[nH]c2ccccc12)C(=O)NCC(=O)N[C@@H](Cc1ccccc1)C(N)=O. The predicted molar refractivity (Wildman–Crippen MR) is 139 cm³/mol. The number of carbonyl (C=O) groups excluding carboxylic acids is 4. The normalized spacial score (nSPS) is 12.8. The van der Waals surface area contributed by atoms with Crippen LogP contribution >= 0.6 is 0 Å². The topological polar surface area (TPSA) is 155 Å². The third-order valence-electron chi connectivity index (χ3n) is 5.49. The summed E-state index contributed by atoms with van der Waals surface area (Å²) in [7, 11) is 0. The summed E-state index contributed by atoms with van der Waals surface area (Å²) in [6, 6.07) is 14.8. The van der Waals surface area contributed by atoms with Crippen molar-refractivity contribution in [1.29, 1.82) is 0 Å². The third-order valence-corrected chi connectivity index (χ3v) is 5.49. The van der Waals surface area contributed by atoms with Crippen molar-refractivity contribution >= 4 is 34.7 Å². The maximum atomic E-state index is 13.1. The number of nitrogens with one attached hydrogen (secondary N) is 4. The quantitative estimate of drug-likeness (QED) is 0.284. The number of alkyl carbamates (subject to hydrolysis) is 1. The zero-order valence-corrected chi connectivity index (χ0v) is 21.2. The van der Waals surface area contributed by atoms with Gasteiger partial charge in [-0.15, -0.1) is 0 Å². The molecule has 1 aromatic heterocycles. The van der Waals surface area contributed by atoms with Gasteiger partial charge in [-0.25, -0.2) is 4.79 Å². The van der Waals surface area contributed by atoms with Gasteiger partial charge < -0.3 is 31.4 Å². The van der Waals surface area contributed by atoms with E-state index in [1.807, 2.05) is 54.6 Å². The van der Waals surface area contributed by atoms with Crippen LogP contribution in [0.25, 0.3) is 10.9 Å². The van der Waals surface area contributed by atoms with Gasteiger partial charge in [-0.2, -0.15) is 0 Å². The molecule has 2 aromatic carbocycles. The number of primary amides is 1. The molecule has 0 fully saturated rings. The van der Waals surface area contributed by atoms with Gasteiger partial charge in [0.15, 0.2) is 0 Å². The number of ether oxygens (including phenoxy) is 1. The first-order valence-electron chi connectivity index (χ1n) is 12.0. The van der Waals surface area contributed by atoms with Gasteiger partial charge >= 0.3 is 6.09 Å². The van der Waals surface area contributed by atoms with Gasteiger partial charge in [0.2, 0.25) is 17.7 Å². The molecule has 196 valence electrons. The fourth-order valence-electron chi connectivity index (χ4n) is 3.79. The van der Waals surface area contributed by atoms with Crippen LogP contribution in [0.3, 0.4) is 0 Å². The number of para-hydroxylation sites is 1. The van der Waals surface area contributed by atoms with Gasteiger partial charge in [0.05, 0.1) is 6.54 Å². The number of amides is 4. The molecule has 3 aromatic rings. The highest BCUT2D eigenvalue weighted by atomic mass is 16.6. The lowest BCUT2D eigenvalue weighted by Crippen LogP contribution is -2.53. The van der Waals surface area contributed by atoms with E-state index in [4.69, 9.17) is 10.5 Å². The minimum atomic E-state index is -1.02. The first-order valence-corrected chi connectivity index (χ1v) is 12.0. The molecule has 2 atom stereocenters. The van der Waals surface area contributed by atoms with Crippen molar-refractivity contribution < 1.29 is 23.9 Å². The lowest BCUT2D eigenvalue weighted by molar-refractivity contribution is -0.129. The molecule has 0 saturated carbocycles. The molecule has 0 spiro atoms. The van der Waals surface area contributed by atoms with E-state index < -0.39 is 48.0 Å². The lowest BCUT2D eigenvalue weighted by atomic mass is 10.0. The van der Waals surface area contributed by atoms with Crippen LogP contribution in [-0.4, -0.2) is 53.0 Å². The Hall–Kier alpha value is -4.34. The number of aromatic nitrogens is 1. The maximum Gasteiger partial charge on any atom is 0.408 e. The number of nitrogens with two attached hydrogens (primary N) is 1. The fourth-order valence-corrected chi connectivity index (χ4v) is 3.79. The Labute approximate surface area is 215 Å². The van der Waals surface area contributed by atoms with E-state index in [-0.39, 0.29) is 12.8 Å². The van der Waals surface area contributed by atoms with Crippen LogP contribution in [0.4, 0.5) is 4.79 Å². The van der Waals surface area contributed by atoms with E-state index in [1.165, 1.54) is 0 Å². The highest BCUT2D eigenvalue weighted by Crippen LogP contribution is 2.19. The van der Waals surface area contributed by atoms with E-state index in [0.717, 1.165) is 22.0 Å². The molecule has 0 saturated heterocycles. The number of H-pyrrole nitrogens is 1. The first-order chi connectivity index (χ1) is 17.5. The second-order valence-corrected chi connectivity index (χ2v) is 9.69. The molecular weight excluding hydrogens is 474 g/mol. The molecule has 1 heterocycles. The van der Waals surface area contributed by atoms with Crippen LogP contribution in [0.2, 0.25) is 0 Å². The molecule has 6 N–H and O–H groups in total. The van der Waals surface area contributed by atoms with E-state index in [2.05, 4.69) is 20.9 Å². The number of rotatable bonds is 10. The van der Waals surface area contributed by atoms with E-state index in [9.17, 15) is 19.2 Å². The second-order valence-electron chi connectivity index (χ2n) is 9.69. The molecule has 0 bridgehead atoms. The number of hydrogen-bond acceptors (Lipinski definition) is 5. The van der Waals surface area contributed by atoms with Gasteiger partial charge in [0, 0.05) is 29.9 Å². The number of carbonyl (C=O) groups is 4. The van der Waals surface area contributed by atoms with Gasteiger partial charge in [-0.3, -0.25) is 14.4 Å². The van der Waals surface area contributed by atoms with Gasteiger partial charge in [0.25, 0.3) is 0 Å². The molecule has 37 heavy (non-hydrogen) atoms. The molecule has 10 nitrogen and oxygen atoms in total. The van der Waals surface area contributed by atoms with Crippen LogP contribution in [0.5, 0.6) is 0 Å². The molecule has 0 aliphatic rings. The van der Waals surface area contributed by atoms with Crippen molar-refractivity contribution in [3.63, 3.8) is 0 Å². The Morgan fingerprint density at radius 2 is 1.59 bits per heavy atom. The molecule has 0 radical (unpaired) electrons. The van der Waals surface area contributed by atoms with Crippen LogP contribution in [0, 0.1) is 0 Å². The summed E-state index contributed by atoms with van der Waals surface area (Å²) in [6.07, 6.45) is 1.40. The van der Waals surface area contributed by atoms with Crippen molar-refractivity contribution in [1.82, 2.24) is 20.9 Å².